The van der Waals surface area contributed by atoms with Crippen LogP contribution in [0.5, 0.6) is 0 Å². The molecule has 0 aliphatic heterocycles. The Labute approximate surface area is 81.0 Å². The maximum atomic E-state index is 5.49. The summed E-state index contributed by atoms with van der Waals surface area (Å²) in [5.41, 5.74) is 3.32. The van der Waals surface area contributed by atoms with E-state index in [4.69, 9.17) is 10.6 Å². The summed E-state index contributed by atoms with van der Waals surface area (Å²) in [7, 11) is 0. The van der Waals surface area contributed by atoms with Gasteiger partial charge in [-0.3, -0.25) is 11.3 Å². The average molecular weight is 186 g/mol. The SMILES string of the molecule is CCCOCC(NN)C1CC1(C)C. The Hall–Kier alpha value is -0.120. The van der Waals surface area contributed by atoms with Crippen molar-refractivity contribution >= 4 is 0 Å². The van der Waals surface area contributed by atoms with E-state index in [1.807, 2.05) is 0 Å². The molecular formula is C10H22N2O. The van der Waals surface area contributed by atoms with Crippen LogP contribution in [0.25, 0.3) is 0 Å². The molecule has 78 valence electrons. The van der Waals surface area contributed by atoms with Gasteiger partial charge in [0.25, 0.3) is 0 Å². The molecule has 1 saturated carbocycles. The van der Waals surface area contributed by atoms with Crippen LogP contribution in [-0.4, -0.2) is 19.3 Å². The number of ether oxygens (including phenoxy) is 1. The molecule has 1 aliphatic carbocycles. The predicted molar refractivity (Wildman–Crippen MR) is 54.1 cm³/mol. The van der Waals surface area contributed by atoms with Crippen molar-refractivity contribution in [2.45, 2.75) is 39.7 Å². The van der Waals surface area contributed by atoms with Gasteiger partial charge in [0, 0.05) is 12.6 Å². The third kappa shape index (κ3) is 2.93. The van der Waals surface area contributed by atoms with Crippen LogP contribution in [-0.2, 0) is 4.74 Å². The van der Waals surface area contributed by atoms with E-state index in [0.717, 1.165) is 19.6 Å². The lowest BCUT2D eigenvalue weighted by Gasteiger charge is -2.17. The highest BCUT2D eigenvalue weighted by molar-refractivity contribution is 5.01. The Kier molecular flexibility index (Phi) is 3.71. The summed E-state index contributed by atoms with van der Waals surface area (Å²) in [5, 5.41) is 0. The van der Waals surface area contributed by atoms with Gasteiger partial charge in [-0.05, 0) is 24.2 Å². The lowest BCUT2D eigenvalue weighted by molar-refractivity contribution is 0.102. The van der Waals surface area contributed by atoms with Gasteiger partial charge >= 0.3 is 0 Å². The van der Waals surface area contributed by atoms with E-state index in [-0.39, 0.29) is 0 Å². The number of rotatable bonds is 6. The third-order valence-corrected chi connectivity index (χ3v) is 2.94. The van der Waals surface area contributed by atoms with Crippen LogP contribution in [0.15, 0.2) is 0 Å². The second-order valence-electron chi connectivity index (χ2n) is 4.65. The number of hydrogen-bond donors (Lipinski definition) is 2. The van der Waals surface area contributed by atoms with Gasteiger partial charge in [0.1, 0.15) is 0 Å². The molecule has 13 heavy (non-hydrogen) atoms. The van der Waals surface area contributed by atoms with E-state index < -0.39 is 0 Å². The molecule has 2 atom stereocenters. The molecule has 0 radical (unpaired) electrons. The Balaban J connectivity index is 2.21. The van der Waals surface area contributed by atoms with E-state index in [9.17, 15) is 0 Å². The first-order chi connectivity index (χ1) is 6.11. The topological polar surface area (TPSA) is 47.3 Å². The number of hydrogen-bond acceptors (Lipinski definition) is 3. The molecule has 0 amide bonds. The van der Waals surface area contributed by atoms with E-state index in [1.165, 1.54) is 6.42 Å². The van der Waals surface area contributed by atoms with Crippen molar-refractivity contribution in [2.24, 2.45) is 17.2 Å². The number of nitrogens with one attached hydrogen (secondary N) is 1. The van der Waals surface area contributed by atoms with Gasteiger partial charge in [-0.25, -0.2) is 0 Å². The lowest BCUT2D eigenvalue weighted by Crippen LogP contribution is -2.41. The van der Waals surface area contributed by atoms with Crippen molar-refractivity contribution in [3.05, 3.63) is 0 Å². The molecule has 0 saturated heterocycles. The standard InChI is InChI=1S/C10H22N2O/c1-4-5-13-7-9(12-11)8-6-10(8,2)3/h8-9,12H,4-7,11H2,1-3H3. The monoisotopic (exact) mass is 186 g/mol. The summed E-state index contributed by atoms with van der Waals surface area (Å²) in [6.07, 6.45) is 2.34. The average Bonchev–Trinajstić information content (AvgIpc) is 2.69. The zero-order valence-corrected chi connectivity index (χ0v) is 8.97. The molecule has 0 heterocycles. The highest BCUT2D eigenvalue weighted by Gasteiger charge is 2.49. The van der Waals surface area contributed by atoms with Gasteiger partial charge in [-0.1, -0.05) is 20.8 Å². The van der Waals surface area contributed by atoms with Crippen molar-refractivity contribution in [1.82, 2.24) is 5.43 Å². The molecule has 1 fully saturated rings. The fraction of sp³-hybridized carbons (Fsp3) is 1.00. The molecule has 1 rings (SSSR count). The number of nitrogens with two attached hydrogens (primary N) is 1. The van der Waals surface area contributed by atoms with Gasteiger partial charge in [-0.15, -0.1) is 0 Å². The van der Waals surface area contributed by atoms with Gasteiger partial charge in [0.15, 0.2) is 0 Å². The van der Waals surface area contributed by atoms with Crippen molar-refractivity contribution in [3.63, 3.8) is 0 Å². The third-order valence-electron chi connectivity index (χ3n) is 2.94. The Bertz CT molecular complexity index is 159. The normalized spacial score (nSPS) is 27.2. The zero-order valence-electron chi connectivity index (χ0n) is 8.97. The first-order valence-electron chi connectivity index (χ1n) is 5.15. The minimum absolute atomic E-state index is 0.335. The summed E-state index contributed by atoms with van der Waals surface area (Å²) in [6, 6.07) is 0.335. The Morgan fingerprint density at radius 3 is 2.62 bits per heavy atom. The van der Waals surface area contributed by atoms with Crippen LogP contribution in [0.1, 0.15) is 33.6 Å². The summed E-state index contributed by atoms with van der Waals surface area (Å²) in [6.45, 7) is 8.26. The van der Waals surface area contributed by atoms with Crippen LogP contribution in [0.4, 0.5) is 0 Å². The zero-order chi connectivity index (χ0) is 9.90. The second kappa shape index (κ2) is 4.40. The predicted octanol–water partition coefficient (Wildman–Crippen LogP) is 1.29. The summed E-state index contributed by atoms with van der Waals surface area (Å²) >= 11 is 0. The molecule has 0 aromatic heterocycles. The van der Waals surface area contributed by atoms with Gasteiger partial charge in [0.05, 0.1) is 6.61 Å². The lowest BCUT2D eigenvalue weighted by atomic mass is 10.1. The second-order valence-corrected chi connectivity index (χ2v) is 4.65. The minimum Gasteiger partial charge on any atom is -0.380 e. The summed E-state index contributed by atoms with van der Waals surface area (Å²) in [4.78, 5) is 0. The molecule has 0 spiro atoms. The molecule has 0 aromatic rings. The maximum absolute atomic E-state index is 5.49. The molecule has 0 aromatic carbocycles. The van der Waals surface area contributed by atoms with E-state index >= 15 is 0 Å². The largest absolute Gasteiger partial charge is 0.380 e. The van der Waals surface area contributed by atoms with Gasteiger partial charge in [0.2, 0.25) is 0 Å². The van der Waals surface area contributed by atoms with E-state index in [1.54, 1.807) is 0 Å². The molecule has 3 heteroatoms. The summed E-state index contributed by atoms with van der Waals surface area (Å²) < 4.78 is 5.49. The van der Waals surface area contributed by atoms with Crippen molar-refractivity contribution in [2.75, 3.05) is 13.2 Å². The minimum atomic E-state index is 0.335. The van der Waals surface area contributed by atoms with Crippen molar-refractivity contribution in [1.29, 1.82) is 0 Å². The smallest absolute Gasteiger partial charge is 0.0636 e. The molecule has 0 bridgehead atoms. The Morgan fingerprint density at radius 1 is 1.62 bits per heavy atom. The maximum Gasteiger partial charge on any atom is 0.0636 e. The highest BCUT2D eigenvalue weighted by Crippen LogP contribution is 2.53. The quantitative estimate of drug-likeness (QED) is 0.373. The molecule has 3 nitrogen and oxygen atoms in total. The van der Waals surface area contributed by atoms with E-state index in [0.29, 0.717) is 17.4 Å². The van der Waals surface area contributed by atoms with Crippen LogP contribution in [0.3, 0.4) is 0 Å². The van der Waals surface area contributed by atoms with Crippen LogP contribution < -0.4 is 11.3 Å². The van der Waals surface area contributed by atoms with Crippen LogP contribution >= 0.6 is 0 Å². The number of hydrazine groups is 1. The summed E-state index contributed by atoms with van der Waals surface area (Å²) in [5.74, 6) is 6.18. The van der Waals surface area contributed by atoms with E-state index in [2.05, 4.69) is 26.2 Å². The van der Waals surface area contributed by atoms with Crippen molar-refractivity contribution < 1.29 is 4.74 Å². The van der Waals surface area contributed by atoms with Gasteiger partial charge < -0.3 is 4.74 Å². The van der Waals surface area contributed by atoms with Crippen LogP contribution in [0.2, 0.25) is 0 Å². The van der Waals surface area contributed by atoms with Crippen molar-refractivity contribution in [3.8, 4) is 0 Å². The molecule has 2 unspecified atom stereocenters. The molecule has 1 aliphatic rings. The first kappa shape index (κ1) is 11.0. The van der Waals surface area contributed by atoms with Crippen LogP contribution in [0, 0.1) is 11.3 Å². The fourth-order valence-electron chi connectivity index (χ4n) is 1.83. The van der Waals surface area contributed by atoms with Gasteiger partial charge in [-0.2, -0.15) is 0 Å². The highest BCUT2D eigenvalue weighted by atomic mass is 16.5. The first-order valence-corrected chi connectivity index (χ1v) is 5.15. The molecular weight excluding hydrogens is 164 g/mol. The Morgan fingerprint density at radius 2 is 2.23 bits per heavy atom. The molecule has 3 N–H and O–H groups in total. The fourth-order valence-corrected chi connectivity index (χ4v) is 1.83.